The summed E-state index contributed by atoms with van der Waals surface area (Å²) in [5.41, 5.74) is 0. The largest absolute Gasteiger partial charge is 0.492 e. The Bertz CT molecular complexity index is 431. The van der Waals surface area contributed by atoms with Gasteiger partial charge in [-0.15, -0.1) is 0 Å². The first-order valence-corrected chi connectivity index (χ1v) is 10.1. The van der Waals surface area contributed by atoms with Gasteiger partial charge in [-0.05, 0) is 49.8 Å². The molecule has 0 aromatic heterocycles. The fourth-order valence-corrected chi connectivity index (χ4v) is 3.18. The fraction of sp³-hybridized carbons (Fsp3) is 0.727. The molecule has 1 fully saturated rings. The molecule has 0 bridgehead atoms. The topological polar surface area (TPSA) is 15.7 Å². The van der Waals surface area contributed by atoms with Gasteiger partial charge >= 0.3 is 0 Å². The lowest BCUT2D eigenvalue weighted by Crippen LogP contribution is -2.41. The standard InChI is InChI=1S/C20H34N2O.C2H6/c1-17(2)14-22(15-18(3)19-10-11-19)16-21(4)12-13-23-20-8-6-5-7-9-20;1-2/h5-9,17-19H,10-16H2,1-4H3;1-2H3. The number of para-hydroxylation sites is 1. The third-order valence-corrected chi connectivity index (χ3v) is 4.52. The van der Waals surface area contributed by atoms with Crippen molar-refractivity contribution in [1.29, 1.82) is 0 Å². The second-order valence-electron chi connectivity index (χ2n) is 7.63. The molecular weight excluding hydrogens is 308 g/mol. The Morgan fingerprint density at radius 1 is 1.04 bits per heavy atom. The third kappa shape index (κ3) is 9.86. The molecule has 0 N–H and O–H groups in total. The van der Waals surface area contributed by atoms with E-state index in [-0.39, 0.29) is 0 Å². The van der Waals surface area contributed by atoms with Gasteiger partial charge in [0.25, 0.3) is 0 Å². The van der Waals surface area contributed by atoms with Crippen molar-refractivity contribution in [3.63, 3.8) is 0 Å². The molecule has 1 aliphatic rings. The first-order valence-electron chi connectivity index (χ1n) is 10.1. The Labute approximate surface area is 156 Å². The van der Waals surface area contributed by atoms with E-state index in [0.29, 0.717) is 0 Å². The van der Waals surface area contributed by atoms with Gasteiger partial charge in [-0.2, -0.15) is 0 Å². The van der Waals surface area contributed by atoms with Crippen LogP contribution in [0.15, 0.2) is 30.3 Å². The first-order chi connectivity index (χ1) is 12.0. The van der Waals surface area contributed by atoms with E-state index in [0.717, 1.165) is 43.3 Å². The van der Waals surface area contributed by atoms with Gasteiger partial charge in [-0.25, -0.2) is 0 Å². The Hall–Kier alpha value is -1.06. The van der Waals surface area contributed by atoms with Gasteiger partial charge < -0.3 is 4.74 Å². The number of ether oxygens (including phenoxy) is 1. The van der Waals surface area contributed by atoms with Crippen LogP contribution in [0.4, 0.5) is 0 Å². The lowest BCUT2D eigenvalue weighted by molar-refractivity contribution is 0.109. The van der Waals surface area contributed by atoms with Crippen LogP contribution in [0.1, 0.15) is 47.5 Å². The van der Waals surface area contributed by atoms with Crippen LogP contribution >= 0.6 is 0 Å². The molecule has 2 rings (SSSR count). The van der Waals surface area contributed by atoms with E-state index in [4.69, 9.17) is 4.74 Å². The number of hydrogen-bond acceptors (Lipinski definition) is 3. The summed E-state index contributed by atoms with van der Waals surface area (Å²) in [4.78, 5) is 5.00. The Morgan fingerprint density at radius 3 is 2.24 bits per heavy atom. The molecule has 3 heteroatoms. The fourth-order valence-electron chi connectivity index (χ4n) is 3.18. The maximum atomic E-state index is 5.81. The lowest BCUT2D eigenvalue weighted by Gasteiger charge is -2.31. The van der Waals surface area contributed by atoms with Crippen LogP contribution in [0.25, 0.3) is 0 Å². The molecule has 1 aromatic carbocycles. The maximum absolute atomic E-state index is 5.81. The minimum absolute atomic E-state index is 0.718. The maximum Gasteiger partial charge on any atom is 0.119 e. The van der Waals surface area contributed by atoms with E-state index >= 15 is 0 Å². The van der Waals surface area contributed by atoms with E-state index in [2.05, 4.69) is 37.6 Å². The molecule has 0 radical (unpaired) electrons. The van der Waals surface area contributed by atoms with Crippen molar-refractivity contribution in [2.75, 3.05) is 40.0 Å². The minimum atomic E-state index is 0.718. The van der Waals surface area contributed by atoms with Crippen LogP contribution in [0.3, 0.4) is 0 Å². The first kappa shape index (κ1) is 22.0. The van der Waals surface area contributed by atoms with Crippen LogP contribution < -0.4 is 4.74 Å². The summed E-state index contributed by atoms with van der Waals surface area (Å²) >= 11 is 0. The van der Waals surface area contributed by atoms with Crippen molar-refractivity contribution in [3.05, 3.63) is 30.3 Å². The summed E-state index contributed by atoms with van der Waals surface area (Å²) in [7, 11) is 2.20. The normalized spacial score (nSPS) is 15.2. The van der Waals surface area contributed by atoms with Crippen LogP contribution in [0, 0.1) is 17.8 Å². The number of likely N-dealkylation sites (N-methyl/N-ethyl adjacent to an activating group) is 1. The van der Waals surface area contributed by atoms with E-state index in [1.54, 1.807) is 0 Å². The van der Waals surface area contributed by atoms with Crippen LogP contribution in [-0.4, -0.2) is 49.8 Å². The number of benzene rings is 1. The molecule has 1 unspecified atom stereocenters. The van der Waals surface area contributed by atoms with Crippen LogP contribution in [0.5, 0.6) is 5.75 Å². The van der Waals surface area contributed by atoms with E-state index < -0.39 is 0 Å². The predicted molar refractivity (Wildman–Crippen MR) is 109 cm³/mol. The number of rotatable bonds is 11. The summed E-state index contributed by atoms with van der Waals surface area (Å²) < 4.78 is 5.81. The Kier molecular flexibility index (Phi) is 10.8. The molecule has 0 amide bonds. The van der Waals surface area contributed by atoms with Gasteiger partial charge in [0.2, 0.25) is 0 Å². The SMILES string of the molecule is CC.CC(C)CN(CC(C)C1CC1)CN(C)CCOc1ccccc1. The zero-order valence-corrected chi connectivity index (χ0v) is 17.4. The highest BCUT2D eigenvalue weighted by Crippen LogP contribution is 2.36. The van der Waals surface area contributed by atoms with E-state index in [1.165, 1.54) is 25.9 Å². The summed E-state index contributed by atoms with van der Waals surface area (Å²) in [6, 6.07) is 10.1. The highest BCUT2D eigenvalue weighted by molar-refractivity contribution is 5.20. The molecule has 0 saturated heterocycles. The molecule has 1 aliphatic carbocycles. The van der Waals surface area contributed by atoms with Gasteiger partial charge in [0.05, 0.1) is 6.67 Å². The van der Waals surface area contributed by atoms with Crippen molar-refractivity contribution in [2.45, 2.75) is 47.5 Å². The van der Waals surface area contributed by atoms with Gasteiger partial charge in [-0.3, -0.25) is 9.80 Å². The summed E-state index contributed by atoms with van der Waals surface area (Å²) in [6.07, 6.45) is 2.88. The molecule has 144 valence electrons. The summed E-state index contributed by atoms with van der Waals surface area (Å²) in [5, 5.41) is 0. The van der Waals surface area contributed by atoms with Crippen molar-refractivity contribution in [1.82, 2.24) is 9.80 Å². The monoisotopic (exact) mass is 348 g/mol. The summed E-state index contributed by atoms with van der Waals surface area (Å²) in [6.45, 7) is 16.2. The molecule has 1 saturated carbocycles. The smallest absolute Gasteiger partial charge is 0.119 e. The second kappa shape index (κ2) is 12.3. The summed E-state index contributed by atoms with van der Waals surface area (Å²) in [5.74, 6) is 3.50. The average molecular weight is 349 g/mol. The van der Waals surface area contributed by atoms with E-state index in [1.807, 2.05) is 44.2 Å². The zero-order valence-electron chi connectivity index (χ0n) is 17.4. The zero-order chi connectivity index (χ0) is 18.7. The quantitative estimate of drug-likeness (QED) is 0.524. The molecular formula is C22H40N2O. The van der Waals surface area contributed by atoms with Crippen molar-refractivity contribution >= 4 is 0 Å². The van der Waals surface area contributed by atoms with Crippen LogP contribution in [0.2, 0.25) is 0 Å². The minimum Gasteiger partial charge on any atom is -0.492 e. The van der Waals surface area contributed by atoms with Crippen molar-refractivity contribution in [3.8, 4) is 5.75 Å². The highest BCUT2D eigenvalue weighted by Gasteiger charge is 2.29. The lowest BCUT2D eigenvalue weighted by atomic mass is 10.1. The van der Waals surface area contributed by atoms with Crippen LogP contribution in [-0.2, 0) is 0 Å². The molecule has 1 aromatic rings. The molecule has 1 atom stereocenters. The molecule has 0 aliphatic heterocycles. The highest BCUT2D eigenvalue weighted by atomic mass is 16.5. The predicted octanol–water partition coefficient (Wildman–Crippen LogP) is 4.99. The van der Waals surface area contributed by atoms with Crippen molar-refractivity contribution in [2.24, 2.45) is 17.8 Å². The van der Waals surface area contributed by atoms with Gasteiger partial charge in [-0.1, -0.05) is 52.8 Å². The molecule has 0 spiro atoms. The van der Waals surface area contributed by atoms with Gasteiger partial charge in [0.15, 0.2) is 0 Å². The Morgan fingerprint density at radius 2 is 1.68 bits per heavy atom. The van der Waals surface area contributed by atoms with Crippen molar-refractivity contribution < 1.29 is 4.74 Å². The number of hydrogen-bond donors (Lipinski definition) is 0. The number of nitrogens with zero attached hydrogens (tertiary/aromatic N) is 2. The molecule has 25 heavy (non-hydrogen) atoms. The molecule has 0 heterocycles. The van der Waals surface area contributed by atoms with E-state index in [9.17, 15) is 0 Å². The third-order valence-electron chi connectivity index (χ3n) is 4.52. The van der Waals surface area contributed by atoms with Gasteiger partial charge in [0, 0.05) is 19.6 Å². The average Bonchev–Trinajstić information content (AvgIpc) is 3.42. The van der Waals surface area contributed by atoms with Gasteiger partial charge in [0.1, 0.15) is 12.4 Å². The Balaban J connectivity index is 0.00000151. The molecule has 3 nitrogen and oxygen atoms in total. The second-order valence-corrected chi connectivity index (χ2v) is 7.63.